The number of halogens is 1. The van der Waals surface area contributed by atoms with Gasteiger partial charge in [0.1, 0.15) is 0 Å². The van der Waals surface area contributed by atoms with Crippen molar-refractivity contribution in [1.29, 1.82) is 0 Å². The van der Waals surface area contributed by atoms with Crippen molar-refractivity contribution in [2.45, 2.75) is 19.0 Å². The standard InChI is InChI=1S/C20H18ClNS/c21-19-9-5-4-8-16(19)12-22-13-18(15-6-2-1-3-7-15)17-10-11-23-20(17)14-22/h1-11,18H,12-14H2. The molecule has 3 heteroatoms. The van der Waals surface area contributed by atoms with Crippen LogP contribution in [0.2, 0.25) is 5.02 Å². The van der Waals surface area contributed by atoms with Crippen molar-refractivity contribution in [3.05, 3.63) is 92.6 Å². The number of hydrogen-bond donors (Lipinski definition) is 0. The SMILES string of the molecule is Clc1ccccc1CN1Cc2sccc2C(c2ccccc2)C1. The minimum absolute atomic E-state index is 0.452. The predicted molar refractivity (Wildman–Crippen MR) is 98.2 cm³/mol. The molecule has 116 valence electrons. The third-order valence-electron chi connectivity index (χ3n) is 4.52. The van der Waals surface area contributed by atoms with Crippen LogP contribution >= 0.6 is 22.9 Å². The van der Waals surface area contributed by atoms with Gasteiger partial charge in [0.15, 0.2) is 0 Å². The Morgan fingerprint density at radius 1 is 1.00 bits per heavy atom. The zero-order chi connectivity index (χ0) is 15.6. The molecule has 0 N–H and O–H groups in total. The maximum Gasteiger partial charge on any atom is 0.0451 e. The molecule has 1 aliphatic heterocycles. The average molecular weight is 340 g/mol. The Bertz CT molecular complexity index is 796. The van der Waals surface area contributed by atoms with Gasteiger partial charge in [0, 0.05) is 35.5 Å². The zero-order valence-electron chi connectivity index (χ0n) is 12.8. The van der Waals surface area contributed by atoms with Gasteiger partial charge in [-0.1, -0.05) is 60.1 Å². The van der Waals surface area contributed by atoms with E-state index in [0.717, 1.165) is 24.7 Å². The molecular weight excluding hydrogens is 322 g/mol. The van der Waals surface area contributed by atoms with Crippen molar-refractivity contribution in [3.63, 3.8) is 0 Å². The van der Waals surface area contributed by atoms with Crippen LogP contribution in [0.5, 0.6) is 0 Å². The lowest BCUT2D eigenvalue weighted by Crippen LogP contribution is -2.32. The topological polar surface area (TPSA) is 3.24 Å². The molecule has 4 rings (SSSR count). The number of rotatable bonds is 3. The van der Waals surface area contributed by atoms with Crippen LogP contribution in [0.3, 0.4) is 0 Å². The number of thiophene rings is 1. The van der Waals surface area contributed by atoms with E-state index in [4.69, 9.17) is 11.6 Å². The highest BCUT2D eigenvalue weighted by atomic mass is 35.5. The van der Waals surface area contributed by atoms with Crippen molar-refractivity contribution in [2.24, 2.45) is 0 Å². The maximum atomic E-state index is 6.35. The van der Waals surface area contributed by atoms with Crippen LogP contribution in [-0.2, 0) is 13.1 Å². The van der Waals surface area contributed by atoms with Crippen molar-refractivity contribution in [2.75, 3.05) is 6.54 Å². The second-order valence-electron chi connectivity index (χ2n) is 6.02. The van der Waals surface area contributed by atoms with Gasteiger partial charge in [-0.2, -0.15) is 0 Å². The van der Waals surface area contributed by atoms with Crippen molar-refractivity contribution < 1.29 is 0 Å². The smallest absolute Gasteiger partial charge is 0.0451 e. The summed E-state index contributed by atoms with van der Waals surface area (Å²) in [4.78, 5) is 4.00. The zero-order valence-corrected chi connectivity index (χ0v) is 14.4. The second kappa shape index (κ2) is 6.48. The van der Waals surface area contributed by atoms with Crippen molar-refractivity contribution >= 4 is 22.9 Å². The van der Waals surface area contributed by atoms with Gasteiger partial charge in [-0.25, -0.2) is 0 Å². The summed E-state index contributed by atoms with van der Waals surface area (Å²) in [6.45, 7) is 2.96. The Kier molecular flexibility index (Phi) is 4.21. The molecule has 0 spiro atoms. The summed E-state index contributed by atoms with van der Waals surface area (Å²) in [5.41, 5.74) is 4.11. The molecule has 0 saturated carbocycles. The van der Waals surface area contributed by atoms with Gasteiger partial charge in [-0.05, 0) is 34.2 Å². The van der Waals surface area contributed by atoms with Gasteiger partial charge >= 0.3 is 0 Å². The van der Waals surface area contributed by atoms with Crippen LogP contribution in [0, 0.1) is 0 Å². The molecular formula is C20H18ClNS. The Morgan fingerprint density at radius 2 is 1.78 bits per heavy atom. The van der Waals surface area contributed by atoms with Gasteiger partial charge in [-0.3, -0.25) is 4.90 Å². The fourth-order valence-electron chi connectivity index (χ4n) is 3.37. The number of hydrogen-bond acceptors (Lipinski definition) is 2. The third-order valence-corrected chi connectivity index (χ3v) is 5.81. The molecule has 1 atom stereocenters. The van der Waals surface area contributed by atoms with Crippen LogP contribution in [0.15, 0.2) is 66.0 Å². The van der Waals surface area contributed by atoms with Crippen molar-refractivity contribution in [3.8, 4) is 0 Å². The molecule has 1 aromatic heterocycles. The summed E-state index contributed by atoms with van der Waals surface area (Å²) in [5, 5.41) is 3.08. The Hall–Kier alpha value is -1.61. The van der Waals surface area contributed by atoms with E-state index in [9.17, 15) is 0 Å². The summed E-state index contributed by atoms with van der Waals surface area (Å²) < 4.78 is 0. The molecule has 23 heavy (non-hydrogen) atoms. The largest absolute Gasteiger partial charge is 0.293 e. The van der Waals surface area contributed by atoms with E-state index >= 15 is 0 Å². The minimum Gasteiger partial charge on any atom is -0.293 e. The molecule has 0 radical (unpaired) electrons. The molecule has 2 aromatic carbocycles. The van der Waals surface area contributed by atoms with Gasteiger partial charge < -0.3 is 0 Å². The third kappa shape index (κ3) is 3.07. The average Bonchev–Trinajstić information content (AvgIpc) is 3.05. The molecule has 0 saturated heterocycles. The molecule has 1 aliphatic rings. The Labute approximate surface area is 146 Å². The highest BCUT2D eigenvalue weighted by Gasteiger charge is 2.27. The molecule has 0 fully saturated rings. The first-order valence-electron chi connectivity index (χ1n) is 7.88. The summed E-state index contributed by atoms with van der Waals surface area (Å²) in [6.07, 6.45) is 0. The Balaban J connectivity index is 1.64. The van der Waals surface area contributed by atoms with Gasteiger partial charge in [0.25, 0.3) is 0 Å². The van der Waals surface area contributed by atoms with Crippen LogP contribution in [0.1, 0.15) is 27.5 Å². The number of benzene rings is 2. The molecule has 0 bridgehead atoms. The molecule has 0 amide bonds. The maximum absolute atomic E-state index is 6.35. The van der Waals surface area contributed by atoms with E-state index in [0.29, 0.717) is 5.92 Å². The molecule has 2 heterocycles. The minimum atomic E-state index is 0.452. The van der Waals surface area contributed by atoms with E-state index in [1.165, 1.54) is 21.6 Å². The van der Waals surface area contributed by atoms with E-state index in [-0.39, 0.29) is 0 Å². The van der Waals surface area contributed by atoms with Gasteiger partial charge in [0.05, 0.1) is 0 Å². The molecule has 1 nitrogen and oxygen atoms in total. The van der Waals surface area contributed by atoms with Crippen LogP contribution < -0.4 is 0 Å². The van der Waals surface area contributed by atoms with E-state index < -0.39 is 0 Å². The summed E-state index contributed by atoms with van der Waals surface area (Å²) in [7, 11) is 0. The van der Waals surface area contributed by atoms with Crippen LogP contribution in [-0.4, -0.2) is 11.4 Å². The fourth-order valence-corrected chi connectivity index (χ4v) is 4.55. The van der Waals surface area contributed by atoms with E-state index in [1.54, 1.807) is 0 Å². The van der Waals surface area contributed by atoms with Crippen LogP contribution in [0.4, 0.5) is 0 Å². The second-order valence-corrected chi connectivity index (χ2v) is 7.43. The molecule has 1 unspecified atom stereocenters. The van der Waals surface area contributed by atoms with Gasteiger partial charge in [-0.15, -0.1) is 11.3 Å². The molecule has 3 aromatic rings. The first-order chi connectivity index (χ1) is 11.3. The lowest BCUT2D eigenvalue weighted by atomic mass is 9.88. The summed E-state index contributed by atoms with van der Waals surface area (Å²) in [6, 6.07) is 21.3. The number of nitrogens with zero attached hydrogens (tertiary/aromatic N) is 1. The summed E-state index contributed by atoms with van der Waals surface area (Å²) in [5.74, 6) is 0.452. The lowest BCUT2D eigenvalue weighted by molar-refractivity contribution is 0.235. The van der Waals surface area contributed by atoms with Gasteiger partial charge in [0.2, 0.25) is 0 Å². The van der Waals surface area contributed by atoms with E-state index in [2.05, 4.69) is 58.8 Å². The van der Waals surface area contributed by atoms with E-state index in [1.807, 2.05) is 23.5 Å². The monoisotopic (exact) mass is 339 g/mol. The lowest BCUT2D eigenvalue weighted by Gasteiger charge is -2.33. The normalized spacial score (nSPS) is 17.9. The predicted octanol–water partition coefficient (Wildman–Crippen LogP) is 5.55. The first kappa shape index (κ1) is 14.9. The fraction of sp³-hybridized carbons (Fsp3) is 0.200. The first-order valence-corrected chi connectivity index (χ1v) is 9.14. The summed E-state index contributed by atoms with van der Waals surface area (Å²) >= 11 is 8.22. The molecule has 0 aliphatic carbocycles. The quantitative estimate of drug-likeness (QED) is 0.604. The Morgan fingerprint density at radius 3 is 2.61 bits per heavy atom. The highest BCUT2D eigenvalue weighted by Crippen LogP contribution is 2.37. The van der Waals surface area contributed by atoms with Crippen molar-refractivity contribution in [1.82, 2.24) is 4.90 Å². The number of fused-ring (bicyclic) bond motifs is 1. The highest BCUT2D eigenvalue weighted by molar-refractivity contribution is 7.10. The van der Waals surface area contributed by atoms with Crippen LogP contribution in [0.25, 0.3) is 0 Å².